The molecular weight excluding hydrogens is 345 g/mol. The molecule has 0 aliphatic carbocycles. The highest BCUT2D eigenvalue weighted by Crippen LogP contribution is 2.33. The molecule has 0 saturated carbocycles. The number of aryl methyl sites for hydroxylation is 1. The Hall–Kier alpha value is -1.42. The van der Waals surface area contributed by atoms with Crippen LogP contribution in [0.25, 0.3) is 0 Å². The zero-order chi connectivity index (χ0) is 16.1. The summed E-state index contributed by atoms with van der Waals surface area (Å²) in [4.78, 5) is 11.9. The molecule has 1 N–H and O–H groups in total. The number of carbonyl (C=O) groups excluding carboxylic acids is 1. The normalized spacial score (nSPS) is 10.4. The van der Waals surface area contributed by atoms with E-state index in [1.165, 1.54) is 17.7 Å². The quantitative estimate of drug-likeness (QED) is 0.743. The summed E-state index contributed by atoms with van der Waals surface area (Å²) in [6.07, 6.45) is 0.952. The second kappa shape index (κ2) is 7.73. The van der Waals surface area contributed by atoms with Crippen LogP contribution in [-0.2, 0) is 11.2 Å². The van der Waals surface area contributed by atoms with E-state index in [1.54, 1.807) is 0 Å². The molecule has 0 radical (unpaired) electrons. The molecule has 0 heterocycles. The van der Waals surface area contributed by atoms with E-state index in [9.17, 15) is 4.79 Å². The van der Waals surface area contributed by atoms with Gasteiger partial charge in [-0.15, -0.1) is 0 Å². The molecule has 2 rings (SSSR count). The minimum absolute atomic E-state index is 0.173. The SMILES string of the molecule is CCc1ccc(NC(=O)COc2cc(Cl)c(Cl)cc2Cl)cc1. The predicted octanol–water partition coefficient (Wildman–Crippen LogP) is 5.23. The Balaban J connectivity index is 1.93. The van der Waals surface area contributed by atoms with Crippen LogP contribution in [0.2, 0.25) is 15.1 Å². The van der Waals surface area contributed by atoms with E-state index in [0.29, 0.717) is 26.5 Å². The highest BCUT2D eigenvalue weighted by Gasteiger charge is 2.09. The molecular formula is C16H14Cl3NO2. The maximum atomic E-state index is 11.9. The average molecular weight is 359 g/mol. The molecule has 0 aromatic heterocycles. The minimum Gasteiger partial charge on any atom is -0.482 e. The fourth-order valence-corrected chi connectivity index (χ4v) is 2.37. The average Bonchev–Trinajstić information content (AvgIpc) is 2.50. The summed E-state index contributed by atoms with van der Waals surface area (Å²) in [6.45, 7) is 1.90. The summed E-state index contributed by atoms with van der Waals surface area (Å²) in [5, 5.41) is 3.69. The van der Waals surface area contributed by atoms with Crippen molar-refractivity contribution in [3.05, 3.63) is 57.0 Å². The molecule has 0 unspecified atom stereocenters. The lowest BCUT2D eigenvalue weighted by molar-refractivity contribution is -0.118. The van der Waals surface area contributed by atoms with E-state index < -0.39 is 0 Å². The molecule has 0 atom stereocenters. The fourth-order valence-electron chi connectivity index (χ4n) is 1.78. The van der Waals surface area contributed by atoms with E-state index in [-0.39, 0.29) is 12.5 Å². The smallest absolute Gasteiger partial charge is 0.262 e. The van der Waals surface area contributed by atoms with Gasteiger partial charge in [-0.25, -0.2) is 0 Å². The minimum atomic E-state index is -0.286. The van der Waals surface area contributed by atoms with Crippen molar-refractivity contribution in [2.75, 3.05) is 11.9 Å². The summed E-state index contributed by atoms with van der Waals surface area (Å²) >= 11 is 17.7. The van der Waals surface area contributed by atoms with Crippen molar-refractivity contribution in [1.29, 1.82) is 0 Å². The lowest BCUT2D eigenvalue weighted by atomic mass is 10.1. The van der Waals surface area contributed by atoms with Crippen LogP contribution in [0.15, 0.2) is 36.4 Å². The van der Waals surface area contributed by atoms with Gasteiger partial charge >= 0.3 is 0 Å². The largest absolute Gasteiger partial charge is 0.482 e. The van der Waals surface area contributed by atoms with E-state index in [1.807, 2.05) is 24.3 Å². The van der Waals surface area contributed by atoms with Gasteiger partial charge < -0.3 is 10.1 Å². The summed E-state index contributed by atoms with van der Waals surface area (Å²) < 4.78 is 5.36. The molecule has 2 aromatic rings. The number of rotatable bonds is 5. The first-order valence-corrected chi connectivity index (χ1v) is 7.79. The number of halogens is 3. The van der Waals surface area contributed by atoms with Gasteiger partial charge in [-0.1, -0.05) is 53.9 Å². The topological polar surface area (TPSA) is 38.3 Å². The van der Waals surface area contributed by atoms with Gasteiger partial charge in [-0.05, 0) is 30.2 Å². The van der Waals surface area contributed by atoms with Crippen molar-refractivity contribution in [3.8, 4) is 5.75 Å². The first kappa shape index (κ1) is 16.9. The lowest BCUT2D eigenvalue weighted by Gasteiger charge is -2.10. The third-order valence-corrected chi connectivity index (χ3v) is 4.00. The van der Waals surface area contributed by atoms with Crippen molar-refractivity contribution >= 4 is 46.4 Å². The molecule has 6 heteroatoms. The zero-order valence-electron chi connectivity index (χ0n) is 11.8. The van der Waals surface area contributed by atoms with E-state index in [0.717, 1.165) is 6.42 Å². The van der Waals surface area contributed by atoms with Gasteiger partial charge in [0, 0.05) is 11.8 Å². The first-order chi connectivity index (χ1) is 10.5. The number of hydrogen-bond acceptors (Lipinski definition) is 2. The number of nitrogens with one attached hydrogen (secondary N) is 1. The maximum Gasteiger partial charge on any atom is 0.262 e. The van der Waals surface area contributed by atoms with Crippen LogP contribution >= 0.6 is 34.8 Å². The number of benzene rings is 2. The monoisotopic (exact) mass is 357 g/mol. The standard InChI is InChI=1S/C16H14Cl3NO2/c1-2-10-3-5-11(6-4-10)20-16(21)9-22-15-8-13(18)12(17)7-14(15)19/h3-8H,2,9H2,1H3,(H,20,21). The second-order valence-corrected chi connectivity index (χ2v) is 5.81. The molecule has 116 valence electrons. The van der Waals surface area contributed by atoms with Gasteiger partial charge in [-0.2, -0.15) is 0 Å². The van der Waals surface area contributed by atoms with Gasteiger partial charge in [0.15, 0.2) is 6.61 Å². The third-order valence-electron chi connectivity index (χ3n) is 2.98. The van der Waals surface area contributed by atoms with Crippen molar-refractivity contribution in [2.24, 2.45) is 0 Å². The highest BCUT2D eigenvalue weighted by molar-refractivity contribution is 6.43. The van der Waals surface area contributed by atoms with Crippen molar-refractivity contribution in [3.63, 3.8) is 0 Å². The van der Waals surface area contributed by atoms with Crippen molar-refractivity contribution < 1.29 is 9.53 Å². The Morgan fingerprint density at radius 1 is 1.05 bits per heavy atom. The van der Waals surface area contributed by atoms with Crippen LogP contribution in [0.5, 0.6) is 5.75 Å². The van der Waals surface area contributed by atoms with Crippen molar-refractivity contribution in [2.45, 2.75) is 13.3 Å². The Morgan fingerprint density at radius 3 is 2.32 bits per heavy atom. The van der Waals surface area contributed by atoms with E-state index >= 15 is 0 Å². The van der Waals surface area contributed by atoms with Gasteiger partial charge in [0.05, 0.1) is 15.1 Å². The Bertz CT molecular complexity index is 672. The lowest BCUT2D eigenvalue weighted by Crippen LogP contribution is -2.20. The van der Waals surface area contributed by atoms with E-state index in [2.05, 4.69) is 12.2 Å². The summed E-state index contributed by atoms with van der Waals surface area (Å²) in [6, 6.07) is 10.6. The molecule has 0 spiro atoms. The number of amides is 1. The Kier molecular flexibility index (Phi) is 5.95. The van der Waals surface area contributed by atoms with Crippen LogP contribution in [-0.4, -0.2) is 12.5 Å². The zero-order valence-corrected chi connectivity index (χ0v) is 14.1. The number of ether oxygens (including phenoxy) is 1. The molecule has 0 aliphatic heterocycles. The Labute approximate surface area is 144 Å². The summed E-state index contributed by atoms with van der Waals surface area (Å²) in [7, 11) is 0. The number of hydrogen-bond donors (Lipinski definition) is 1. The van der Waals surface area contributed by atoms with Crippen LogP contribution < -0.4 is 10.1 Å². The van der Waals surface area contributed by atoms with Crippen molar-refractivity contribution in [1.82, 2.24) is 0 Å². The second-order valence-electron chi connectivity index (χ2n) is 4.58. The molecule has 3 nitrogen and oxygen atoms in total. The van der Waals surface area contributed by atoms with Crippen LogP contribution in [0, 0.1) is 0 Å². The van der Waals surface area contributed by atoms with Crippen LogP contribution in [0.3, 0.4) is 0 Å². The van der Waals surface area contributed by atoms with Gasteiger partial charge in [0.1, 0.15) is 5.75 Å². The Morgan fingerprint density at radius 2 is 1.68 bits per heavy atom. The first-order valence-electron chi connectivity index (χ1n) is 6.65. The van der Waals surface area contributed by atoms with E-state index in [4.69, 9.17) is 39.5 Å². The number of anilines is 1. The van der Waals surface area contributed by atoms with Crippen LogP contribution in [0.1, 0.15) is 12.5 Å². The molecule has 1 amide bonds. The summed E-state index contributed by atoms with van der Waals surface area (Å²) in [5.41, 5.74) is 1.92. The molecule has 0 aliphatic rings. The van der Waals surface area contributed by atoms with Gasteiger partial charge in [0.2, 0.25) is 0 Å². The molecule has 0 saturated heterocycles. The molecule has 0 fully saturated rings. The van der Waals surface area contributed by atoms with Gasteiger partial charge in [-0.3, -0.25) is 4.79 Å². The highest BCUT2D eigenvalue weighted by atomic mass is 35.5. The molecule has 22 heavy (non-hydrogen) atoms. The third kappa shape index (κ3) is 4.54. The summed E-state index contributed by atoms with van der Waals surface area (Å²) in [5.74, 6) is 0.0268. The predicted molar refractivity (Wildman–Crippen MR) is 91.4 cm³/mol. The molecule has 2 aromatic carbocycles. The van der Waals surface area contributed by atoms with Crippen LogP contribution in [0.4, 0.5) is 5.69 Å². The van der Waals surface area contributed by atoms with Gasteiger partial charge in [0.25, 0.3) is 5.91 Å². The maximum absolute atomic E-state index is 11.9. The molecule has 0 bridgehead atoms. The fraction of sp³-hybridized carbons (Fsp3) is 0.188. The number of carbonyl (C=O) groups is 1.